The number of para-hydroxylation sites is 1. The number of rotatable bonds is 8. The van der Waals surface area contributed by atoms with Crippen LogP contribution in [0.1, 0.15) is 24.2 Å². The molecule has 1 heterocycles. The summed E-state index contributed by atoms with van der Waals surface area (Å²) in [6, 6.07) is 7.84. The lowest BCUT2D eigenvalue weighted by atomic mass is 10.2. The summed E-state index contributed by atoms with van der Waals surface area (Å²) in [4.78, 5) is 6.36. The van der Waals surface area contributed by atoms with Crippen molar-refractivity contribution < 1.29 is 14.4 Å². The molecule has 0 radical (unpaired) electrons. The Morgan fingerprint density at radius 1 is 1.29 bits per heavy atom. The van der Waals surface area contributed by atoms with E-state index in [9.17, 15) is 5.11 Å². The van der Waals surface area contributed by atoms with Crippen LogP contribution < -0.4 is 4.74 Å². The number of aryl methyl sites for hydroxylation is 1. The van der Waals surface area contributed by atoms with E-state index in [0.29, 0.717) is 31.3 Å². The maximum absolute atomic E-state index is 9.23. The molecule has 0 spiro atoms. The van der Waals surface area contributed by atoms with Crippen molar-refractivity contribution in [3.8, 4) is 5.75 Å². The molecule has 0 saturated carbocycles. The number of benzene rings is 1. The predicted octanol–water partition coefficient (Wildman–Crippen LogP) is 1.64. The van der Waals surface area contributed by atoms with Gasteiger partial charge in [-0.3, -0.25) is 4.90 Å². The van der Waals surface area contributed by atoms with Crippen LogP contribution in [-0.2, 0) is 19.5 Å². The topological polar surface area (TPSA) is 71.6 Å². The highest BCUT2D eigenvalue weighted by atomic mass is 16.5. The van der Waals surface area contributed by atoms with Crippen LogP contribution in [-0.4, -0.2) is 40.4 Å². The van der Waals surface area contributed by atoms with Gasteiger partial charge in [-0.15, -0.1) is 0 Å². The lowest BCUT2D eigenvalue weighted by molar-refractivity contribution is 0.178. The van der Waals surface area contributed by atoms with Crippen LogP contribution in [0.25, 0.3) is 0 Å². The molecule has 6 heteroatoms. The molecule has 0 bridgehead atoms. The van der Waals surface area contributed by atoms with Gasteiger partial charge in [-0.05, 0) is 6.07 Å². The minimum atomic E-state index is 0.0770. The Bertz CT molecular complexity index is 557. The highest BCUT2D eigenvalue weighted by molar-refractivity contribution is 5.33. The van der Waals surface area contributed by atoms with Crippen LogP contribution in [0.3, 0.4) is 0 Å². The summed E-state index contributed by atoms with van der Waals surface area (Å²) < 4.78 is 10.5. The fraction of sp³-hybridized carbons (Fsp3) is 0.467. The average molecular weight is 291 g/mol. The van der Waals surface area contributed by atoms with Crippen molar-refractivity contribution in [3.05, 3.63) is 41.5 Å². The molecule has 0 fully saturated rings. The zero-order chi connectivity index (χ0) is 15.1. The van der Waals surface area contributed by atoms with E-state index in [0.717, 1.165) is 17.7 Å². The molecular formula is C15H21N3O3. The van der Waals surface area contributed by atoms with Gasteiger partial charge in [-0.1, -0.05) is 30.3 Å². The van der Waals surface area contributed by atoms with E-state index in [1.807, 2.05) is 31.2 Å². The standard InChI is InChI=1S/C15H21N3O3/c1-3-15-16-14(17-21-15)11-18(8-9-19)10-12-6-4-5-7-13(12)20-2/h4-7,19H,3,8-11H2,1-2H3. The molecule has 0 aliphatic heterocycles. The molecule has 1 aromatic heterocycles. The summed E-state index contributed by atoms with van der Waals surface area (Å²) in [6.07, 6.45) is 0.722. The monoisotopic (exact) mass is 291 g/mol. The van der Waals surface area contributed by atoms with E-state index >= 15 is 0 Å². The van der Waals surface area contributed by atoms with E-state index in [1.165, 1.54) is 0 Å². The molecular weight excluding hydrogens is 270 g/mol. The van der Waals surface area contributed by atoms with Crippen molar-refractivity contribution in [2.45, 2.75) is 26.4 Å². The van der Waals surface area contributed by atoms with E-state index in [4.69, 9.17) is 9.26 Å². The minimum absolute atomic E-state index is 0.0770. The van der Waals surface area contributed by atoms with E-state index in [1.54, 1.807) is 7.11 Å². The summed E-state index contributed by atoms with van der Waals surface area (Å²) in [5, 5.41) is 13.2. The molecule has 0 atom stereocenters. The van der Waals surface area contributed by atoms with Crippen molar-refractivity contribution >= 4 is 0 Å². The van der Waals surface area contributed by atoms with Crippen molar-refractivity contribution in [2.24, 2.45) is 0 Å². The Morgan fingerprint density at radius 3 is 2.76 bits per heavy atom. The molecule has 21 heavy (non-hydrogen) atoms. The van der Waals surface area contributed by atoms with Crippen LogP contribution in [0.5, 0.6) is 5.75 Å². The van der Waals surface area contributed by atoms with Crippen LogP contribution in [0, 0.1) is 0 Å². The van der Waals surface area contributed by atoms with Crippen molar-refractivity contribution in [1.82, 2.24) is 15.0 Å². The molecule has 2 rings (SSSR count). The van der Waals surface area contributed by atoms with Gasteiger partial charge in [0.2, 0.25) is 5.89 Å². The van der Waals surface area contributed by atoms with Gasteiger partial charge < -0.3 is 14.4 Å². The summed E-state index contributed by atoms with van der Waals surface area (Å²) in [6.45, 7) is 3.77. The quantitative estimate of drug-likeness (QED) is 0.797. The summed E-state index contributed by atoms with van der Waals surface area (Å²) in [5.41, 5.74) is 1.06. The molecule has 0 amide bonds. The van der Waals surface area contributed by atoms with Gasteiger partial charge in [0, 0.05) is 25.1 Å². The van der Waals surface area contributed by atoms with Crippen LogP contribution in [0.15, 0.2) is 28.8 Å². The number of aliphatic hydroxyl groups excluding tert-OH is 1. The first-order chi connectivity index (χ1) is 10.3. The SMILES string of the molecule is CCc1nc(CN(CCO)Cc2ccccc2OC)no1. The fourth-order valence-corrected chi connectivity index (χ4v) is 2.13. The van der Waals surface area contributed by atoms with Crippen molar-refractivity contribution in [3.63, 3.8) is 0 Å². The lowest BCUT2D eigenvalue weighted by Crippen LogP contribution is -2.26. The van der Waals surface area contributed by atoms with Crippen molar-refractivity contribution in [2.75, 3.05) is 20.3 Å². The Morgan fingerprint density at radius 2 is 2.10 bits per heavy atom. The Kier molecular flexibility index (Phi) is 5.71. The van der Waals surface area contributed by atoms with Gasteiger partial charge in [0.05, 0.1) is 20.3 Å². The Hall–Kier alpha value is -1.92. The van der Waals surface area contributed by atoms with Gasteiger partial charge >= 0.3 is 0 Å². The number of methoxy groups -OCH3 is 1. The third kappa shape index (κ3) is 4.27. The number of ether oxygens (including phenoxy) is 1. The Labute approximate surface area is 124 Å². The minimum Gasteiger partial charge on any atom is -0.496 e. The number of aliphatic hydroxyl groups is 1. The molecule has 1 aromatic carbocycles. The van der Waals surface area contributed by atoms with E-state index in [2.05, 4.69) is 15.0 Å². The average Bonchev–Trinajstić information content (AvgIpc) is 2.95. The molecule has 2 aromatic rings. The normalized spacial score (nSPS) is 11.0. The maximum atomic E-state index is 9.23. The van der Waals surface area contributed by atoms with Gasteiger partial charge in [-0.2, -0.15) is 4.98 Å². The third-order valence-electron chi connectivity index (χ3n) is 3.18. The zero-order valence-electron chi connectivity index (χ0n) is 12.5. The smallest absolute Gasteiger partial charge is 0.226 e. The van der Waals surface area contributed by atoms with Gasteiger partial charge in [0.25, 0.3) is 0 Å². The first-order valence-electron chi connectivity index (χ1n) is 7.03. The molecule has 0 aliphatic rings. The first kappa shape index (κ1) is 15.5. The van der Waals surface area contributed by atoms with Crippen LogP contribution in [0.2, 0.25) is 0 Å². The number of hydrogen-bond acceptors (Lipinski definition) is 6. The second kappa shape index (κ2) is 7.75. The third-order valence-corrected chi connectivity index (χ3v) is 3.18. The van der Waals surface area contributed by atoms with Gasteiger partial charge in [-0.25, -0.2) is 0 Å². The maximum Gasteiger partial charge on any atom is 0.226 e. The zero-order valence-corrected chi connectivity index (χ0v) is 12.5. The van der Waals surface area contributed by atoms with E-state index < -0.39 is 0 Å². The van der Waals surface area contributed by atoms with Crippen LogP contribution >= 0.6 is 0 Å². The van der Waals surface area contributed by atoms with Crippen LogP contribution in [0.4, 0.5) is 0 Å². The molecule has 114 valence electrons. The molecule has 0 unspecified atom stereocenters. The van der Waals surface area contributed by atoms with Gasteiger partial charge in [0.15, 0.2) is 5.82 Å². The molecule has 1 N–H and O–H groups in total. The number of aromatic nitrogens is 2. The largest absolute Gasteiger partial charge is 0.496 e. The second-order valence-corrected chi connectivity index (χ2v) is 4.70. The summed E-state index contributed by atoms with van der Waals surface area (Å²) >= 11 is 0. The van der Waals surface area contributed by atoms with Crippen molar-refractivity contribution in [1.29, 1.82) is 0 Å². The van der Waals surface area contributed by atoms with E-state index in [-0.39, 0.29) is 6.61 Å². The Balaban J connectivity index is 2.07. The molecule has 0 saturated heterocycles. The van der Waals surface area contributed by atoms with Gasteiger partial charge in [0.1, 0.15) is 5.75 Å². The lowest BCUT2D eigenvalue weighted by Gasteiger charge is -2.20. The highest BCUT2D eigenvalue weighted by Gasteiger charge is 2.13. The predicted molar refractivity (Wildman–Crippen MR) is 77.9 cm³/mol. The number of hydrogen-bond donors (Lipinski definition) is 1. The summed E-state index contributed by atoms with van der Waals surface area (Å²) in [5.74, 6) is 2.10. The second-order valence-electron chi connectivity index (χ2n) is 4.70. The summed E-state index contributed by atoms with van der Waals surface area (Å²) in [7, 11) is 1.65. The molecule has 0 aliphatic carbocycles. The highest BCUT2D eigenvalue weighted by Crippen LogP contribution is 2.19. The molecule has 6 nitrogen and oxygen atoms in total. The first-order valence-corrected chi connectivity index (χ1v) is 7.03. The fourth-order valence-electron chi connectivity index (χ4n) is 2.13. The number of nitrogens with zero attached hydrogens (tertiary/aromatic N) is 3.